The Morgan fingerprint density at radius 2 is 1.84 bits per heavy atom. The van der Waals surface area contributed by atoms with Crippen LogP contribution < -0.4 is 15.5 Å². The summed E-state index contributed by atoms with van der Waals surface area (Å²) in [6, 6.07) is 8.79. The molecule has 2 aromatic heterocycles. The van der Waals surface area contributed by atoms with E-state index in [2.05, 4.69) is 25.5 Å². The van der Waals surface area contributed by atoms with Crippen LogP contribution in [0.3, 0.4) is 0 Å². The summed E-state index contributed by atoms with van der Waals surface area (Å²) in [5.74, 6) is -1.28. The Morgan fingerprint density at radius 3 is 2.53 bits per heavy atom. The molecule has 0 saturated carbocycles. The van der Waals surface area contributed by atoms with E-state index in [1.807, 2.05) is 6.07 Å². The minimum Gasteiger partial charge on any atom is -0.393 e. The second-order valence-corrected chi connectivity index (χ2v) is 7.90. The lowest BCUT2D eigenvalue weighted by Crippen LogP contribution is -2.35. The van der Waals surface area contributed by atoms with Crippen molar-refractivity contribution in [1.29, 1.82) is 0 Å². The minimum absolute atomic E-state index is 0.0989. The van der Waals surface area contributed by atoms with Gasteiger partial charge in [0.25, 0.3) is 5.91 Å². The highest BCUT2D eigenvalue weighted by molar-refractivity contribution is 6.04. The molecule has 32 heavy (non-hydrogen) atoms. The van der Waals surface area contributed by atoms with Crippen LogP contribution in [0.2, 0.25) is 0 Å². The number of aliphatic hydroxyl groups excluding tert-OH is 1. The third-order valence-electron chi connectivity index (χ3n) is 5.80. The lowest BCUT2D eigenvalue weighted by molar-refractivity contribution is 0.0966. The van der Waals surface area contributed by atoms with E-state index in [9.17, 15) is 18.7 Å². The van der Waals surface area contributed by atoms with Gasteiger partial charge in [-0.05, 0) is 43.2 Å². The van der Waals surface area contributed by atoms with Crippen LogP contribution in [0, 0.1) is 11.6 Å². The molecule has 0 aliphatic carbocycles. The molecule has 3 N–H and O–H groups in total. The Hall–Kier alpha value is -3.59. The smallest absolute Gasteiger partial charge is 0.255 e. The summed E-state index contributed by atoms with van der Waals surface area (Å²) in [4.78, 5) is 23.3. The van der Waals surface area contributed by atoms with Crippen molar-refractivity contribution in [3.05, 3.63) is 65.5 Å². The van der Waals surface area contributed by atoms with Gasteiger partial charge in [0.15, 0.2) is 0 Å². The van der Waals surface area contributed by atoms with Gasteiger partial charge < -0.3 is 20.6 Å². The van der Waals surface area contributed by atoms with Crippen LogP contribution in [0.1, 0.15) is 28.9 Å². The number of hydrogen-bond acceptors (Lipinski definition) is 6. The molecule has 5 rings (SSSR count). The molecule has 2 aliphatic heterocycles. The number of nitrogens with one attached hydrogen (secondary N) is 2. The van der Waals surface area contributed by atoms with E-state index < -0.39 is 11.6 Å². The van der Waals surface area contributed by atoms with Crippen LogP contribution in [0.15, 0.2) is 42.6 Å². The lowest BCUT2D eigenvalue weighted by atomic mass is 10.1. The predicted octanol–water partition coefficient (Wildman–Crippen LogP) is 3.37. The largest absolute Gasteiger partial charge is 0.393 e. The number of aliphatic hydroxyl groups is 1. The maximum absolute atomic E-state index is 14.4. The van der Waals surface area contributed by atoms with E-state index in [1.165, 1.54) is 24.3 Å². The van der Waals surface area contributed by atoms with Crippen molar-refractivity contribution in [1.82, 2.24) is 15.3 Å². The van der Waals surface area contributed by atoms with Crippen molar-refractivity contribution in [2.45, 2.75) is 25.5 Å². The normalized spacial score (nSPS) is 16.1. The summed E-state index contributed by atoms with van der Waals surface area (Å²) >= 11 is 0. The molecule has 2 aliphatic rings. The summed E-state index contributed by atoms with van der Waals surface area (Å²) in [6.45, 7) is 1.69. The molecule has 3 aromatic rings. The average molecular weight is 437 g/mol. The number of nitrogens with zero attached hydrogens (tertiary/aromatic N) is 3. The summed E-state index contributed by atoms with van der Waals surface area (Å²) in [5.41, 5.74) is 1.93. The first-order valence-corrected chi connectivity index (χ1v) is 10.4. The Kier molecular flexibility index (Phi) is 5.18. The van der Waals surface area contributed by atoms with Crippen molar-refractivity contribution >= 4 is 23.1 Å². The van der Waals surface area contributed by atoms with Gasteiger partial charge in [0.05, 0.1) is 52.7 Å². The van der Waals surface area contributed by atoms with E-state index >= 15 is 0 Å². The number of carbonyl (C=O) groups excluding carboxylic acids is 1. The molecule has 9 heteroatoms. The number of hydrogen-bond donors (Lipinski definition) is 3. The molecule has 1 amide bonds. The third-order valence-corrected chi connectivity index (χ3v) is 5.80. The second kappa shape index (κ2) is 8.16. The Morgan fingerprint density at radius 1 is 1.09 bits per heavy atom. The molecule has 1 fully saturated rings. The molecule has 0 atom stereocenters. The highest BCUT2D eigenvalue weighted by Gasteiger charge is 2.27. The quantitative estimate of drug-likeness (QED) is 0.580. The SMILES string of the molecule is O=C1NCc2nc(-c3c(F)cccc3F)cc(Nc3ccc(N4CCC(O)CC4)cn3)c21. The van der Waals surface area contributed by atoms with Crippen molar-refractivity contribution in [3.8, 4) is 11.3 Å². The van der Waals surface area contributed by atoms with Crippen molar-refractivity contribution in [2.75, 3.05) is 23.3 Å². The van der Waals surface area contributed by atoms with Gasteiger partial charge >= 0.3 is 0 Å². The van der Waals surface area contributed by atoms with E-state index in [1.54, 1.807) is 12.3 Å². The number of rotatable bonds is 4. The van der Waals surface area contributed by atoms with Gasteiger partial charge in [0.1, 0.15) is 17.5 Å². The van der Waals surface area contributed by atoms with Crippen molar-refractivity contribution in [3.63, 3.8) is 0 Å². The van der Waals surface area contributed by atoms with Crippen LogP contribution in [0.4, 0.5) is 26.0 Å². The lowest BCUT2D eigenvalue weighted by Gasteiger charge is -2.31. The van der Waals surface area contributed by atoms with Gasteiger partial charge in [-0.25, -0.2) is 18.7 Å². The van der Waals surface area contributed by atoms with Crippen LogP contribution >= 0.6 is 0 Å². The molecule has 7 nitrogen and oxygen atoms in total. The number of fused-ring (bicyclic) bond motifs is 1. The number of aromatic nitrogens is 2. The van der Waals surface area contributed by atoms with Crippen LogP contribution in [-0.4, -0.2) is 40.2 Å². The van der Waals surface area contributed by atoms with E-state index in [4.69, 9.17) is 0 Å². The summed E-state index contributed by atoms with van der Waals surface area (Å²) in [5, 5.41) is 15.5. The number of carbonyl (C=O) groups is 1. The molecule has 1 saturated heterocycles. The summed E-state index contributed by atoms with van der Waals surface area (Å²) in [7, 11) is 0. The fourth-order valence-electron chi connectivity index (χ4n) is 4.11. The molecule has 0 bridgehead atoms. The first-order valence-electron chi connectivity index (χ1n) is 10.4. The average Bonchev–Trinajstić information content (AvgIpc) is 3.16. The van der Waals surface area contributed by atoms with Crippen LogP contribution in [0.5, 0.6) is 0 Å². The summed E-state index contributed by atoms with van der Waals surface area (Å²) < 4.78 is 28.7. The zero-order valence-electron chi connectivity index (χ0n) is 17.1. The zero-order valence-corrected chi connectivity index (χ0v) is 17.1. The Balaban J connectivity index is 1.47. The predicted molar refractivity (Wildman–Crippen MR) is 116 cm³/mol. The standard InChI is InChI=1S/C23H21F2N5O2/c24-15-2-1-3-16(25)21(15)17-10-18(22-19(28-17)12-27-23(22)32)29-20-5-4-13(11-26-20)30-8-6-14(31)7-9-30/h1-5,10-11,14,31H,6-9,12H2,(H,27,32)(H,26,28,29). The number of halogens is 2. The molecule has 0 unspecified atom stereocenters. The van der Waals surface area contributed by atoms with Gasteiger partial charge in [0.2, 0.25) is 0 Å². The minimum atomic E-state index is -0.727. The highest BCUT2D eigenvalue weighted by atomic mass is 19.1. The van der Waals surface area contributed by atoms with Gasteiger partial charge in [-0.15, -0.1) is 0 Å². The number of pyridine rings is 2. The maximum atomic E-state index is 14.4. The first kappa shape index (κ1) is 20.3. The van der Waals surface area contributed by atoms with Gasteiger partial charge in [-0.3, -0.25) is 4.79 Å². The Bertz CT molecular complexity index is 1160. The topological polar surface area (TPSA) is 90.4 Å². The van der Waals surface area contributed by atoms with E-state index in [0.29, 0.717) is 35.6 Å². The number of anilines is 3. The number of benzene rings is 1. The monoisotopic (exact) mass is 437 g/mol. The van der Waals surface area contributed by atoms with E-state index in [0.717, 1.165) is 18.8 Å². The zero-order chi connectivity index (χ0) is 22.2. The number of amides is 1. The van der Waals surface area contributed by atoms with Gasteiger partial charge in [-0.1, -0.05) is 6.07 Å². The third kappa shape index (κ3) is 3.75. The molecule has 164 valence electrons. The Labute approximate surface area is 183 Å². The fraction of sp³-hybridized carbons (Fsp3) is 0.261. The van der Waals surface area contributed by atoms with Gasteiger partial charge in [-0.2, -0.15) is 0 Å². The second-order valence-electron chi connectivity index (χ2n) is 7.90. The molecular weight excluding hydrogens is 416 g/mol. The van der Waals surface area contributed by atoms with Crippen LogP contribution in [-0.2, 0) is 6.54 Å². The number of piperidine rings is 1. The molecule has 0 spiro atoms. The highest BCUT2D eigenvalue weighted by Crippen LogP contribution is 2.33. The van der Waals surface area contributed by atoms with Crippen LogP contribution in [0.25, 0.3) is 11.3 Å². The van der Waals surface area contributed by atoms with Crippen molar-refractivity contribution < 1.29 is 18.7 Å². The molecule has 1 aromatic carbocycles. The van der Waals surface area contributed by atoms with E-state index in [-0.39, 0.29) is 29.8 Å². The van der Waals surface area contributed by atoms with Gasteiger partial charge in [0, 0.05) is 13.1 Å². The van der Waals surface area contributed by atoms with Crippen molar-refractivity contribution in [2.24, 2.45) is 0 Å². The molecule has 4 heterocycles. The maximum Gasteiger partial charge on any atom is 0.255 e. The molecular formula is C23H21F2N5O2. The molecule has 0 radical (unpaired) electrons. The summed E-state index contributed by atoms with van der Waals surface area (Å²) in [6.07, 6.45) is 2.90. The fourth-order valence-corrected chi connectivity index (χ4v) is 4.11. The first-order chi connectivity index (χ1) is 15.5.